The Balaban J connectivity index is 0.00000300. The van der Waals surface area contributed by atoms with Crippen LogP contribution >= 0.6 is 12.4 Å². The highest BCUT2D eigenvalue weighted by Crippen LogP contribution is 2.40. The molecule has 0 spiro atoms. The number of ketones is 1. The van der Waals surface area contributed by atoms with Gasteiger partial charge in [0.05, 0.1) is 0 Å². The number of nitrogens with one attached hydrogen (secondary N) is 2. The van der Waals surface area contributed by atoms with E-state index in [1.807, 2.05) is 24.3 Å². The number of Topliss-reactive ketones (excluding diaryl/α,β-unsaturated/α-hetero) is 1. The maximum absolute atomic E-state index is 12.6. The van der Waals surface area contributed by atoms with Crippen LogP contribution in [0.15, 0.2) is 59.5 Å². The molecule has 1 aromatic rings. The number of halogens is 1. The van der Waals surface area contributed by atoms with Gasteiger partial charge in [-0.3, -0.25) is 4.79 Å². The van der Waals surface area contributed by atoms with Gasteiger partial charge in [-0.15, -0.1) is 12.4 Å². The lowest BCUT2D eigenvalue weighted by Crippen LogP contribution is -2.46. The Hall–Kier alpha value is -2.57. The van der Waals surface area contributed by atoms with Gasteiger partial charge in [0, 0.05) is 44.0 Å². The smallest absolute Gasteiger partial charge is 0.315 e. The van der Waals surface area contributed by atoms with Crippen LogP contribution in [0.3, 0.4) is 0 Å². The Bertz CT molecular complexity index is 859. The van der Waals surface area contributed by atoms with Gasteiger partial charge in [0.25, 0.3) is 0 Å². The number of rotatable bonds is 5. The standard InChI is InChI=1S/C22H28N4O2.ClH/c1-14(2)12-26-13-16-9-20(27)18(25-22(28)24-3)10-17(16)21(19(26)11-23)15-7-5-4-6-8-15;/h4-8,10,13-14,18H,9,11-12,23H2,1-3H3,(H2,24,25,28);1H. The Morgan fingerprint density at radius 2 is 1.97 bits per heavy atom. The van der Waals surface area contributed by atoms with Gasteiger partial charge in [-0.05, 0) is 28.7 Å². The highest BCUT2D eigenvalue weighted by atomic mass is 35.5. The van der Waals surface area contributed by atoms with Gasteiger partial charge in [-0.25, -0.2) is 4.79 Å². The number of carbonyl (C=O) groups excluding carboxylic acids is 2. The molecule has 1 unspecified atom stereocenters. The minimum Gasteiger partial charge on any atom is -0.349 e. The van der Waals surface area contributed by atoms with Crippen molar-refractivity contribution in [3.8, 4) is 0 Å². The summed E-state index contributed by atoms with van der Waals surface area (Å²) in [5.41, 5.74) is 11.3. The Morgan fingerprint density at radius 3 is 2.55 bits per heavy atom. The Kier molecular flexibility index (Phi) is 7.65. The van der Waals surface area contributed by atoms with Gasteiger partial charge in [-0.2, -0.15) is 0 Å². The molecule has 0 fully saturated rings. The quantitative estimate of drug-likeness (QED) is 0.688. The molecule has 0 radical (unpaired) electrons. The minimum absolute atomic E-state index is 0. The van der Waals surface area contributed by atoms with Crippen LogP contribution in [-0.2, 0) is 4.79 Å². The van der Waals surface area contributed by atoms with Crippen molar-refractivity contribution in [3.63, 3.8) is 0 Å². The van der Waals surface area contributed by atoms with Crippen LogP contribution < -0.4 is 16.4 Å². The summed E-state index contributed by atoms with van der Waals surface area (Å²) in [6.45, 7) is 5.54. The number of fused-ring (bicyclic) bond motifs is 1. The van der Waals surface area contributed by atoms with Crippen molar-refractivity contribution in [2.75, 3.05) is 20.1 Å². The number of carbonyl (C=O) groups is 2. The van der Waals surface area contributed by atoms with Crippen LogP contribution in [0, 0.1) is 5.92 Å². The summed E-state index contributed by atoms with van der Waals surface area (Å²) in [5, 5.41) is 5.24. The first-order valence-corrected chi connectivity index (χ1v) is 9.64. The van der Waals surface area contributed by atoms with Crippen molar-refractivity contribution in [2.45, 2.75) is 26.3 Å². The molecule has 6 nitrogen and oxygen atoms in total. The van der Waals surface area contributed by atoms with Crippen molar-refractivity contribution in [1.29, 1.82) is 0 Å². The van der Waals surface area contributed by atoms with E-state index in [1.54, 1.807) is 0 Å². The summed E-state index contributed by atoms with van der Waals surface area (Å²) in [7, 11) is 1.54. The van der Waals surface area contributed by atoms with Gasteiger partial charge in [0.1, 0.15) is 6.04 Å². The molecule has 2 amide bonds. The first-order valence-electron chi connectivity index (χ1n) is 9.64. The minimum atomic E-state index is -0.651. The van der Waals surface area contributed by atoms with Gasteiger partial charge in [0.15, 0.2) is 5.78 Å². The summed E-state index contributed by atoms with van der Waals surface area (Å²) in [5.74, 6) is 0.426. The van der Waals surface area contributed by atoms with Crippen LogP contribution in [0.5, 0.6) is 0 Å². The molecule has 156 valence electrons. The number of benzene rings is 1. The fourth-order valence-corrected chi connectivity index (χ4v) is 3.72. The van der Waals surface area contributed by atoms with Crippen LogP contribution in [-0.4, -0.2) is 42.9 Å². The highest BCUT2D eigenvalue weighted by molar-refractivity contribution is 5.99. The second-order valence-electron chi connectivity index (χ2n) is 7.52. The number of nitrogens with zero attached hydrogens (tertiary/aromatic N) is 1. The lowest BCUT2D eigenvalue weighted by molar-refractivity contribution is -0.119. The molecule has 0 saturated carbocycles. The third kappa shape index (κ3) is 4.89. The van der Waals surface area contributed by atoms with E-state index in [2.05, 4.69) is 47.7 Å². The topological polar surface area (TPSA) is 87.5 Å². The second kappa shape index (κ2) is 9.76. The number of nitrogens with two attached hydrogens (primary N) is 1. The molecule has 2 aliphatic rings. The van der Waals surface area contributed by atoms with E-state index in [4.69, 9.17) is 5.73 Å². The van der Waals surface area contributed by atoms with E-state index < -0.39 is 6.04 Å². The zero-order valence-corrected chi connectivity index (χ0v) is 17.9. The third-order valence-corrected chi connectivity index (χ3v) is 4.94. The molecule has 0 bridgehead atoms. The molecule has 4 N–H and O–H groups in total. The van der Waals surface area contributed by atoms with Crippen LogP contribution in [0.1, 0.15) is 25.8 Å². The first kappa shape index (κ1) is 22.7. The van der Waals surface area contributed by atoms with Crippen molar-refractivity contribution in [3.05, 3.63) is 65.0 Å². The van der Waals surface area contributed by atoms with E-state index in [0.717, 1.165) is 34.5 Å². The average molecular weight is 417 g/mol. The average Bonchev–Trinajstić information content (AvgIpc) is 2.68. The molecule has 1 aliphatic carbocycles. The number of hydrogen-bond donors (Lipinski definition) is 3. The molecule has 1 atom stereocenters. The van der Waals surface area contributed by atoms with Crippen LogP contribution in [0.25, 0.3) is 5.57 Å². The molecule has 0 saturated heterocycles. The summed E-state index contributed by atoms with van der Waals surface area (Å²) < 4.78 is 0. The predicted molar refractivity (Wildman–Crippen MR) is 118 cm³/mol. The van der Waals surface area contributed by atoms with Gasteiger partial charge in [0.2, 0.25) is 0 Å². The zero-order valence-electron chi connectivity index (χ0n) is 17.1. The summed E-state index contributed by atoms with van der Waals surface area (Å²) >= 11 is 0. The molecule has 7 heteroatoms. The molecule has 1 aromatic carbocycles. The molecule has 1 heterocycles. The fraction of sp³-hybridized carbons (Fsp3) is 0.364. The molecule has 29 heavy (non-hydrogen) atoms. The zero-order chi connectivity index (χ0) is 20.3. The molecular weight excluding hydrogens is 388 g/mol. The van der Waals surface area contributed by atoms with Gasteiger partial charge >= 0.3 is 6.03 Å². The number of urea groups is 1. The van der Waals surface area contributed by atoms with Crippen LogP contribution in [0.2, 0.25) is 0 Å². The number of allylic oxidation sites excluding steroid dienone is 3. The van der Waals surface area contributed by atoms with E-state index in [1.165, 1.54) is 7.05 Å². The van der Waals surface area contributed by atoms with Gasteiger partial charge < -0.3 is 21.3 Å². The maximum Gasteiger partial charge on any atom is 0.315 e. The summed E-state index contributed by atoms with van der Waals surface area (Å²) in [6, 6.07) is 9.06. The normalized spacial score (nSPS) is 18.6. The van der Waals surface area contributed by atoms with Gasteiger partial charge in [-0.1, -0.05) is 44.2 Å². The van der Waals surface area contributed by atoms with Crippen molar-refractivity contribution in [2.24, 2.45) is 11.7 Å². The summed E-state index contributed by atoms with van der Waals surface area (Å²) in [6.07, 6.45) is 4.19. The van der Waals surface area contributed by atoms with E-state index in [9.17, 15) is 9.59 Å². The monoisotopic (exact) mass is 416 g/mol. The van der Waals surface area contributed by atoms with E-state index >= 15 is 0 Å². The fourth-order valence-electron chi connectivity index (χ4n) is 3.72. The number of hydrogen-bond acceptors (Lipinski definition) is 4. The largest absolute Gasteiger partial charge is 0.349 e. The van der Waals surface area contributed by atoms with Crippen molar-refractivity contribution in [1.82, 2.24) is 15.5 Å². The predicted octanol–water partition coefficient (Wildman–Crippen LogP) is 2.83. The van der Waals surface area contributed by atoms with E-state index in [0.29, 0.717) is 12.5 Å². The molecule has 1 aliphatic heterocycles. The lowest BCUT2D eigenvalue weighted by atomic mass is 9.80. The molecule has 3 rings (SSSR count). The maximum atomic E-state index is 12.6. The molecular formula is C22H29ClN4O2. The first-order chi connectivity index (χ1) is 13.4. The van der Waals surface area contributed by atoms with Crippen molar-refractivity contribution >= 4 is 29.8 Å². The Labute approximate surface area is 178 Å². The SMILES string of the molecule is CNC(=O)NC1C=C2C(=CN(CC(C)C)C(CN)=C2c2ccccc2)CC1=O.Cl. The Morgan fingerprint density at radius 1 is 1.28 bits per heavy atom. The second-order valence-corrected chi connectivity index (χ2v) is 7.52. The third-order valence-electron chi connectivity index (χ3n) is 4.94. The number of amides is 2. The van der Waals surface area contributed by atoms with Crippen LogP contribution in [0.4, 0.5) is 4.79 Å². The molecule has 0 aromatic heterocycles. The van der Waals surface area contributed by atoms with Crippen molar-refractivity contribution < 1.29 is 9.59 Å². The highest BCUT2D eigenvalue weighted by Gasteiger charge is 2.33. The lowest BCUT2D eigenvalue weighted by Gasteiger charge is -2.37. The van der Waals surface area contributed by atoms with E-state index in [-0.39, 0.29) is 30.6 Å². The summed E-state index contributed by atoms with van der Waals surface area (Å²) in [4.78, 5) is 26.6.